The number of ether oxygens (including phenoxy) is 1. The summed E-state index contributed by atoms with van der Waals surface area (Å²) >= 11 is 7.62. The van der Waals surface area contributed by atoms with E-state index in [1.165, 1.54) is 0 Å². The Labute approximate surface area is 151 Å². The van der Waals surface area contributed by atoms with E-state index in [-0.39, 0.29) is 6.61 Å². The van der Waals surface area contributed by atoms with Gasteiger partial charge in [0, 0.05) is 49.7 Å². The Hall–Kier alpha value is -1.12. The lowest BCUT2D eigenvalue weighted by Crippen LogP contribution is -2.21. The zero-order valence-corrected chi connectivity index (χ0v) is 15.3. The molecule has 0 unspecified atom stereocenters. The van der Waals surface area contributed by atoms with Crippen LogP contribution in [0.1, 0.15) is 6.42 Å². The van der Waals surface area contributed by atoms with Crippen LogP contribution in [0, 0.1) is 0 Å². The van der Waals surface area contributed by atoms with Gasteiger partial charge in [-0.1, -0.05) is 23.4 Å². The van der Waals surface area contributed by atoms with Gasteiger partial charge in [-0.15, -0.1) is 10.2 Å². The van der Waals surface area contributed by atoms with Crippen molar-refractivity contribution in [3.8, 4) is 11.4 Å². The number of aromatic nitrogens is 3. The number of aliphatic hydroxyl groups excluding tert-OH is 1. The van der Waals surface area contributed by atoms with Gasteiger partial charge < -0.3 is 19.7 Å². The highest BCUT2D eigenvalue weighted by molar-refractivity contribution is 7.99. The molecule has 6 nitrogen and oxygen atoms in total. The number of thioether (sulfide) groups is 1. The van der Waals surface area contributed by atoms with Gasteiger partial charge in [0.25, 0.3) is 0 Å². The minimum atomic E-state index is 0.151. The molecule has 0 aliphatic heterocycles. The monoisotopic (exact) mass is 370 g/mol. The number of benzene rings is 1. The number of nitrogens with one attached hydrogen (secondary N) is 1. The number of nitrogens with zero attached hydrogens (tertiary/aromatic N) is 3. The first-order valence-electron chi connectivity index (χ1n) is 7.88. The van der Waals surface area contributed by atoms with Gasteiger partial charge in [-0.2, -0.15) is 0 Å². The molecule has 0 spiro atoms. The van der Waals surface area contributed by atoms with E-state index in [0.29, 0.717) is 18.2 Å². The minimum absolute atomic E-state index is 0.151. The highest BCUT2D eigenvalue weighted by Crippen LogP contribution is 2.25. The predicted octanol–water partition coefficient (Wildman–Crippen LogP) is 2.31. The van der Waals surface area contributed by atoms with Crippen molar-refractivity contribution < 1.29 is 9.84 Å². The molecule has 0 atom stereocenters. The van der Waals surface area contributed by atoms with E-state index in [0.717, 1.165) is 41.8 Å². The molecule has 0 aliphatic carbocycles. The number of aliphatic hydroxyl groups is 1. The molecule has 0 bridgehead atoms. The number of methoxy groups -OCH3 is 1. The lowest BCUT2D eigenvalue weighted by Gasteiger charge is -2.10. The summed E-state index contributed by atoms with van der Waals surface area (Å²) in [6.45, 7) is 3.06. The Kier molecular flexibility index (Phi) is 8.55. The number of hydrogen-bond donors (Lipinski definition) is 2. The molecule has 0 saturated heterocycles. The Morgan fingerprint density at radius 2 is 2.04 bits per heavy atom. The van der Waals surface area contributed by atoms with Crippen LogP contribution in [-0.2, 0) is 11.3 Å². The van der Waals surface area contributed by atoms with Crippen LogP contribution in [0.25, 0.3) is 11.4 Å². The summed E-state index contributed by atoms with van der Waals surface area (Å²) in [7, 11) is 1.70. The average Bonchev–Trinajstić information content (AvgIpc) is 2.99. The van der Waals surface area contributed by atoms with Crippen molar-refractivity contribution in [1.29, 1.82) is 0 Å². The first-order chi connectivity index (χ1) is 11.8. The zero-order chi connectivity index (χ0) is 17.2. The molecule has 2 rings (SSSR count). The van der Waals surface area contributed by atoms with Crippen LogP contribution >= 0.6 is 23.4 Å². The second-order valence-electron chi connectivity index (χ2n) is 5.13. The molecular weight excluding hydrogens is 348 g/mol. The largest absolute Gasteiger partial charge is 0.395 e. The molecule has 1 aromatic heterocycles. The zero-order valence-electron chi connectivity index (χ0n) is 13.7. The molecule has 0 radical (unpaired) electrons. The van der Waals surface area contributed by atoms with Crippen molar-refractivity contribution in [2.24, 2.45) is 0 Å². The van der Waals surface area contributed by atoms with E-state index < -0.39 is 0 Å². The van der Waals surface area contributed by atoms with Gasteiger partial charge in [-0.3, -0.25) is 0 Å². The first-order valence-corrected chi connectivity index (χ1v) is 9.25. The van der Waals surface area contributed by atoms with E-state index in [2.05, 4.69) is 20.1 Å². The molecule has 2 aromatic rings. The molecular formula is C16H23ClN4O2S. The second kappa shape index (κ2) is 10.7. The summed E-state index contributed by atoms with van der Waals surface area (Å²) in [5, 5.41) is 22.2. The van der Waals surface area contributed by atoms with Gasteiger partial charge in [-0.05, 0) is 30.7 Å². The Balaban J connectivity index is 2.09. The van der Waals surface area contributed by atoms with Crippen LogP contribution < -0.4 is 5.32 Å². The van der Waals surface area contributed by atoms with E-state index in [1.54, 1.807) is 18.9 Å². The van der Waals surface area contributed by atoms with Crippen LogP contribution in [-0.4, -0.2) is 59.0 Å². The minimum Gasteiger partial charge on any atom is -0.395 e. The standard InChI is InChI=1S/C16H23ClN4O2S/c1-23-11-2-9-21-15(13-3-5-14(17)6-4-13)19-20-16(21)24-12-8-18-7-10-22/h3-6,18,22H,2,7-12H2,1H3. The van der Waals surface area contributed by atoms with Gasteiger partial charge in [-0.25, -0.2) is 0 Å². The van der Waals surface area contributed by atoms with E-state index in [4.69, 9.17) is 21.4 Å². The lowest BCUT2D eigenvalue weighted by molar-refractivity contribution is 0.189. The van der Waals surface area contributed by atoms with Gasteiger partial charge in [0.1, 0.15) is 0 Å². The molecule has 0 saturated carbocycles. The van der Waals surface area contributed by atoms with Crippen LogP contribution in [0.2, 0.25) is 5.02 Å². The van der Waals surface area contributed by atoms with E-state index in [1.807, 2.05) is 24.3 Å². The van der Waals surface area contributed by atoms with E-state index in [9.17, 15) is 0 Å². The lowest BCUT2D eigenvalue weighted by atomic mass is 10.2. The summed E-state index contributed by atoms with van der Waals surface area (Å²) in [4.78, 5) is 0. The molecule has 0 amide bonds. The smallest absolute Gasteiger partial charge is 0.191 e. The first kappa shape index (κ1) is 19.2. The third-order valence-corrected chi connectivity index (χ3v) is 4.57. The Morgan fingerprint density at radius 1 is 1.25 bits per heavy atom. The fourth-order valence-electron chi connectivity index (χ4n) is 2.20. The Morgan fingerprint density at radius 3 is 2.75 bits per heavy atom. The van der Waals surface area contributed by atoms with Gasteiger partial charge >= 0.3 is 0 Å². The van der Waals surface area contributed by atoms with Crippen LogP contribution in [0.5, 0.6) is 0 Å². The summed E-state index contributed by atoms with van der Waals surface area (Å²) in [5.74, 6) is 1.71. The van der Waals surface area contributed by atoms with Crippen LogP contribution in [0.3, 0.4) is 0 Å². The van der Waals surface area contributed by atoms with Gasteiger partial charge in [0.15, 0.2) is 11.0 Å². The molecule has 2 N–H and O–H groups in total. The quantitative estimate of drug-likeness (QED) is 0.467. The van der Waals surface area contributed by atoms with Crippen molar-refractivity contribution in [1.82, 2.24) is 20.1 Å². The number of halogens is 1. The third-order valence-electron chi connectivity index (χ3n) is 3.35. The number of hydrogen-bond acceptors (Lipinski definition) is 6. The maximum absolute atomic E-state index is 8.78. The van der Waals surface area contributed by atoms with Crippen molar-refractivity contribution in [2.75, 3.05) is 39.2 Å². The maximum Gasteiger partial charge on any atom is 0.191 e. The molecule has 24 heavy (non-hydrogen) atoms. The summed E-state index contributed by atoms with van der Waals surface area (Å²) in [6.07, 6.45) is 0.894. The fraction of sp³-hybridized carbons (Fsp3) is 0.500. The summed E-state index contributed by atoms with van der Waals surface area (Å²) < 4.78 is 7.28. The van der Waals surface area contributed by atoms with Crippen LogP contribution in [0.15, 0.2) is 29.4 Å². The van der Waals surface area contributed by atoms with Crippen molar-refractivity contribution in [3.63, 3.8) is 0 Å². The molecule has 8 heteroatoms. The predicted molar refractivity (Wildman–Crippen MR) is 97.6 cm³/mol. The van der Waals surface area contributed by atoms with Gasteiger partial charge in [0.2, 0.25) is 0 Å². The topological polar surface area (TPSA) is 72.2 Å². The number of rotatable bonds is 11. The maximum atomic E-state index is 8.78. The fourth-order valence-corrected chi connectivity index (χ4v) is 3.18. The molecule has 0 aliphatic rings. The Bertz CT molecular complexity index is 607. The molecule has 0 fully saturated rings. The normalized spacial score (nSPS) is 11.1. The van der Waals surface area contributed by atoms with Gasteiger partial charge in [0.05, 0.1) is 6.61 Å². The second-order valence-corrected chi connectivity index (χ2v) is 6.63. The molecule has 1 heterocycles. The van der Waals surface area contributed by atoms with Crippen LogP contribution in [0.4, 0.5) is 0 Å². The van der Waals surface area contributed by atoms with Crippen molar-refractivity contribution >= 4 is 23.4 Å². The molecule has 1 aromatic carbocycles. The highest BCUT2D eigenvalue weighted by Gasteiger charge is 2.14. The third kappa shape index (κ3) is 5.75. The summed E-state index contributed by atoms with van der Waals surface area (Å²) in [5.41, 5.74) is 0.995. The summed E-state index contributed by atoms with van der Waals surface area (Å²) in [6, 6.07) is 7.63. The highest BCUT2D eigenvalue weighted by atomic mass is 35.5. The van der Waals surface area contributed by atoms with Crippen molar-refractivity contribution in [2.45, 2.75) is 18.1 Å². The average molecular weight is 371 g/mol. The molecule has 132 valence electrons. The SMILES string of the molecule is COCCCn1c(SCCNCCO)nnc1-c1ccc(Cl)cc1. The van der Waals surface area contributed by atoms with Crippen molar-refractivity contribution in [3.05, 3.63) is 29.3 Å². The van der Waals surface area contributed by atoms with E-state index >= 15 is 0 Å².